The van der Waals surface area contributed by atoms with E-state index in [2.05, 4.69) is 5.43 Å². The number of benzene rings is 1. The number of rotatable bonds is 3. The monoisotopic (exact) mass is 209 g/mol. The molecule has 0 unspecified atom stereocenters. The third-order valence-corrected chi connectivity index (χ3v) is 1.74. The number of hydrogen-bond acceptors (Lipinski definition) is 4. The van der Waals surface area contributed by atoms with E-state index in [-0.39, 0.29) is 11.3 Å². The van der Waals surface area contributed by atoms with Gasteiger partial charge in [-0.25, -0.2) is 10.6 Å². The molecule has 1 rings (SSSR count). The predicted molar refractivity (Wildman–Crippen MR) is 53.7 cm³/mol. The number of carboxylic acid groups (broad SMARTS) is 1. The van der Waals surface area contributed by atoms with Crippen molar-refractivity contribution >= 4 is 17.6 Å². The van der Waals surface area contributed by atoms with Crippen molar-refractivity contribution < 1.29 is 14.7 Å². The summed E-state index contributed by atoms with van der Waals surface area (Å²) in [7, 11) is 0. The number of nitrogens with zero attached hydrogens (tertiary/aromatic N) is 1. The number of nitrogens with one attached hydrogen (secondary N) is 1. The Balaban J connectivity index is 2.94. The molecule has 80 valence electrons. The normalized spacial score (nSPS) is 9.47. The van der Waals surface area contributed by atoms with Crippen molar-refractivity contribution in [1.29, 1.82) is 0 Å². The summed E-state index contributed by atoms with van der Waals surface area (Å²) < 4.78 is 0. The lowest BCUT2D eigenvalue weighted by molar-refractivity contribution is -0.127. The summed E-state index contributed by atoms with van der Waals surface area (Å²) in [5.41, 5.74) is 2.79. The summed E-state index contributed by atoms with van der Waals surface area (Å²) in [6, 6.07) is 6.16. The van der Waals surface area contributed by atoms with Gasteiger partial charge in [0, 0.05) is 6.92 Å². The minimum atomic E-state index is -1.09. The van der Waals surface area contributed by atoms with Gasteiger partial charge in [-0.3, -0.25) is 10.2 Å². The van der Waals surface area contributed by atoms with Crippen LogP contribution in [0.2, 0.25) is 0 Å². The summed E-state index contributed by atoms with van der Waals surface area (Å²) in [5.74, 6) is 3.79. The van der Waals surface area contributed by atoms with Crippen molar-refractivity contribution in [3.63, 3.8) is 0 Å². The first-order valence-electron chi connectivity index (χ1n) is 4.16. The van der Waals surface area contributed by atoms with E-state index < -0.39 is 11.9 Å². The fourth-order valence-electron chi connectivity index (χ4n) is 0.976. The SMILES string of the molecule is CC(=O)N(N)Nc1ccccc1C(=O)O. The van der Waals surface area contributed by atoms with Crippen LogP contribution in [0.3, 0.4) is 0 Å². The lowest BCUT2D eigenvalue weighted by Crippen LogP contribution is -2.40. The summed E-state index contributed by atoms with van der Waals surface area (Å²) >= 11 is 0. The summed E-state index contributed by atoms with van der Waals surface area (Å²) in [5, 5.41) is 9.56. The number of carboxylic acids is 1. The van der Waals surface area contributed by atoms with E-state index in [0.29, 0.717) is 0 Å². The molecule has 0 fully saturated rings. The van der Waals surface area contributed by atoms with Crippen LogP contribution in [-0.4, -0.2) is 22.1 Å². The molecule has 0 radical (unpaired) electrons. The molecule has 0 aliphatic carbocycles. The molecule has 4 N–H and O–H groups in total. The van der Waals surface area contributed by atoms with Gasteiger partial charge in [-0.15, -0.1) is 0 Å². The van der Waals surface area contributed by atoms with Crippen LogP contribution in [0.4, 0.5) is 5.69 Å². The van der Waals surface area contributed by atoms with Gasteiger partial charge in [-0.2, -0.15) is 5.12 Å². The zero-order valence-electron chi connectivity index (χ0n) is 8.10. The molecule has 0 aromatic heterocycles. The van der Waals surface area contributed by atoms with Gasteiger partial charge in [0.05, 0.1) is 11.3 Å². The Labute approximate surface area is 86.2 Å². The van der Waals surface area contributed by atoms with Gasteiger partial charge in [-0.05, 0) is 12.1 Å². The number of aromatic carboxylic acids is 1. The van der Waals surface area contributed by atoms with Crippen molar-refractivity contribution in [3.8, 4) is 0 Å². The maximum atomic E-state index is 10.8. The second-order valence-electron chi connectivity index (χ2n) is 2.85. The smallest absolute Gasteiger partial charge is 0.337 e. The maximum absolute atomic E-state index is 10.8. The molecular formula is C9H11N3O3. The minimum absolute atomic E-state index is 0.0502. The highest BCUT2D eigenvalue weighted by Crippen LogP contribution is 2.14. The fourth-order valence-corrected chi connectivity index (χ4v) is 0.976. The van der Waals surface area contributed by atoms with E-state index in [9.17, 15) is 9.59 Å². The first kappa shape index (κ1) is 11.0. The molecule has 6 nitrogen and oxygen atoms in total. The van der Waals surface area contributed by atoms with Crippen molar-refractivity contribution in [2.75, 3.05) is 5.43 Å². The number of hydrogen-bond donors (Lipinski definition) is 3. The third kappa shape index (κ3) is 2.68. The Morgan fingerprint density at radius 2 is 2.00 bits per heavy atom. The number of carbonyl (C=O) groups is 2. The minimum Gasteiger partial charge on any atom is -0.478 e. The van der Waals surface area contributed by atoms with Crippen molar-refractivity contribution in [2.24, 2.45) is 5.84 Å². The molecule has 0 bridgehead atoms. The van der Waals surface area contributed by atoms with E-state index >= 15 is 0 Å². The summed E-state index contributed by atoms with van der Waals surface area (Å²) in [6.07, 6.45) is 0. The average Bonchev–Trinajstić information content (AvgIpc) is 2.18. The van der Waals surface area contributed by atoms with E-state index in [0.717, 1.165) is 5.12 Å². The second kappa shape index (κ2) is 4.43. The topological polar surface area (TPSA) is 95.7 Å². The van der Waals surface area contributed by atoms with E-state index in [1.54, 1.807) is 12.1 Å². The molecule has 0 saturated heterocycles. The van der Waals surface area contributed by atoms with Crippen LogP contribution in [0.5, 0.6) is 0 Å². The molecule has 0 aliphatic heterocycles. The first-order valence-corrected chi connectivity index (χ1v) is 4.16. The number of para-hydroxylation sites is 1. The Morgan fingerprint density at radius 1 is 1.40 bits per heavy atom. The average molecular weight is 209 g/mol. The van der Waals surface area contributed by atoms with Gasteiger partial charge in [0.2, 0.25) is 0 Å². The zero-order valence-corrected chi connectivity index (χ0v) is 8.10. The third-order valence-electron chi connectivity index (χ3n) is 1.74. The molecular weight excluding hydrogens is 198 g/mol. The van der Waals surface area contributed by atoms with Crippen LogP contribution in [0.25, 0.3) is 0 Å². The summed E-state index contributed by atoms with van der Waals surface area (Å²) in [4.78, 5) is 21.6. The highest BCUT2D eigenvalue weighted by atomic mass is 16.4. The van der Waals surface area contributed by atoms with Crippen LogP contribution in [-0.2, 0) is 4.79 Å². The second-order valence-corrected chi connectivity index (χ2v) is 2.85. The van der Waals surface area contributed by atoms with Crippen LogP contribution in [0, 0.1) is 0 Å². The molecule has 6 heteroatoms. The van der Waals surface area contributed by atoms with Crippen LogP contribution in [0.1, 0.15) is 17.3 Å². The lowest BCUT2D eigenvalue weighted by Gasteiger charge is -2.17. The Kier molecular flexibility index (Phi) is 3.25. The Morgan fingerprint density at radius 3 is 2.53 bits per heavy atom. The standard InChI is InChI=1S/C9H11N3O3/c1-6(13)12(10)11-8-5-3-2-4-7(8)9(14)15/h2-5,11H,10H2,1H3,(H,14,15). The number of carbonyl (C=O) groups excluding carboxylic acids is 1. The molecule has 0 spiro atoms. The van der Waals surface area contributed by atoms with E-state index in [4.69, 9.17) is 10.9 Å². The molecule has 0 heterocycles. The van der Waals surface area contributed by atoms with Crippen LogP contribution >= 0.6 is 0 Å². The number of nitrogens with two attached hydrogens (primary N) is 1. The van der Waals surface area contributed by atoms with E-state index in [1.165, 1.54) is 19.1 Å². The molecule has 1 aromatic rings. The fraction of sp³-hybridized carbons (Fsp3) is 0.111. The molecule has 1 aromatic carbocycles. The predicted octanol–water partition coefficient (Wildman–Crippen LogP) is 0.434. The number of anilines is 1. The summed E-state index contributed by atoms with van der Waals surface area (Å²) in [6.45, 7) is 1.26. The first-order chi connectivity index (χ1) is 7.02. The Hall–Kier alpha value is -2.08. The quantitative estimate of drug-likeness (QED) is 0.381. The van der Waals surface area contributed by atoms with Crippen LogP contribution < -0.4 is 11.3 Å². The van der Waals surface area contributed by atoms with E-state index in [1.807, 2.05) is 0 Å². The van der Waals surface area contributed by atoms with Gasteiger partial charge in [0.25, 0.3) is 5.91 Å². The largest absolute Gasteiger partial charge is 0.478 e. The highest BCUT2D eigenvalue weighted by molar-refractivity contribution is 5.94. The highest BCUT2D eigenvalue weighted by Gasteiger charge is 2.11. The molecule has 1 amide bonds. The van der Waals surface area contributed by atoms with Crippen molar-refractivity contribution in [2.45, 2.75) is 6.92 Å². The zero-order chi connectivity index (χ0) is 11.4. The molecule has 0 aliphatic rings. The Bertz CT molecular complexity index is 392. The number of hydrazine groups is 2. The molecule has 15 heavy (non-hydrogen) atoms. The van der Waals surface area contributed by atoms with Gasteiger partial charge in [-0.1, -0.05) is 12.1 Å². The molecule has 0 saturated carbocycles. The molecule has 0 atom stereocenters. The van der Waals surface area contributed by atoms with Gasteiger partial charge in [0.15, 0.2) is 0 Å². The van der Waals surface area contributed by atoms with Gasteiger partial charge >= 0.3 is 5.97 Å². The van der Waals surface area contributed by atoms with Crippen molar-refractivity contribution in [1.82, 2.24) is 5.12 Å². The lowest BCUT2D eigenvalue weighted by atomic mass is 10.2. The van der Waals surface area contributed by atoms with Gasteiger partial charge < -0.3 is 5.11 Å². The van der Waals surface area contributed by atoms with Gasteiger partial charge in [0.1, 0.15) is 0 Å². The van der Waals surface area contributed by atoms with Crippen LogP contribution in [0.15, 0.2) is 24.3 Å². The maximum Gasteiger partial charge on any atom is 0.337 e. The number of amides is 1. The van der Waals surface area contributed by atoms with Crippen molar-refractivity contribution in [3.05, 3.63) is 29.8 Å².